The molecule has 0 amide bonds. The average molecular weight is 374 g/mol. The van der Waals surface area contributed by atoms with Gasteiger partial charge in [0, 0.05) is 15.9 Å². The van der Waals surface area contributed by atoms with Crippen LogP contribution in [-0.2, 0) is 4.74 Å². The van der Waals surface area contributed by atoms with Crippen molar-refractivity contribution in [3.05, 3.63) is 34.9 Å². The van der Waals surface area contributed by atoms with Crippen LogP contribution >= 0.6 is 27.5 Å². The first kappa shape index (κ1) is 17.3. The molecule has 1 fully saturated rings. The molecule has 1 aromatic carbocycles. The van der Waals surface area contributed by atoms with Gasteiger partial charge in [-0.1, -0.05) is 72.9 Å². The van der Waals surface area contributed by atoms with E-state index in [1.165, 1.54) is 12.8 Å². The van der Waals surface area contributed by atoms with Gasteiger partial charge in [-0.3, -0.25) is 0 Å². The molecule has 1 aliphatic carbocycles. The minimum absolute atomic E-state index is 0.0373. The second kappa shape index (κ2) is 7.99. The molecule has 1 nitrogen and oxygen atoms in total. The first-order chi connectivity index (χ1) is 10.0. The maximum Gasteiger partial charge on any atom is 0.0939 e. The maximum absolute atomic E-state index is 6.52. The lowest BCUT2D eigenvalue weighted by Crippen LogP contribution is -2.35. The van der Waals surface area contributed by atoms with Crippen molar-refractivity contribution in [2.75, 3.05) is 5.33 Å². The number of hydrogen-bond donors (Lipinski definition) is 0. The van der Waals surface area contributed by atoms with E-state index >= 15 is 0 Å². The molecule has 0 saturated heterocycles. The van der Waals surface area contributed by atoms with E-state index in [2.05, 4.69) is 42.8 Å². The fourth-order valence-corrected chi connectivity index (χ4v) is 4.17. The van der Waals surface area contributed by atoms with Gasteiger partial charge in [-0.15, -0.1) is 0 Å². The summed E-state index contributed by atoms with van der Waals surface area (Å²) < 4.78 is 6.52. The minimum atomic E-state index is 0.0373. The van der Waals surface area contributed by atoms with Gasteiger partial charge in [0.2, 0.25) is 0 Å². The summed E-state index contributed by atoms with van der Waals surface area (Å²) in [6.45, 7) is 6.97. The molecule has 1 aromatic rings. The molecule has 0 heterocycles. The summed E-state index contributed by atoms with van der Waals surface area (Å²) in [6, 6.07) is 8.02. The third-order valence-corrected chi connectivity index (χ3v) is 5.62. The molecule has 4 unspecified atom stereocenters. The second-order valence-electron chi connectivity index (χ2n) is 6.67. The summed E-state index contributed by atoms with van der Waals surface area (Å²) in [4.78, 5) is 0. The van der Waals surface area contributed by atoms with E-state index in [0.29, 0.717) is 17.9 Å². The zero-order valence-electron chi connectivity index (χ0n) is 13.2. The zero-order chi connectivity index (χ0) is 15.4. The molecule has 0 spiro atoms. The number of rotatable bonds is 5. The molecule has 1 aliphatic rings. The van der Waals surface area contributed by atoms with Gasteiger partial charge in [0.15, 0.2) is 0 Å². The molecule has 21 heavy (non-hydrogen) atoms. The van der Waals surface area contributed by atoms with Gasteiger partial charge in [0.05, 0.1) is 12.2 Å². The maximum atomic E-state index is 6.52. The van der Waals surface area contributed by atoms with Crippen LogP contribution in [0.25, 0.3) is 0 Å². The lowest BCUT2D eigenvalue weighted by atomic mass is 9.75. The van der Waals surface area contributed by atoms with E-state index in [1.807, 2.05) is 18.2 Å². The third kappa shape index (κ3) is 4.46. The number of halogens is 2. The van der Waals surface area contributed by atoms with Crippen molar-refractivity contribution in [3.63, 3.8) is 0 Å². The van der Waals surface area contributed by atoms with Crippen LogP contribution in [0, 0.1) is 17.8 Å². The molecule has 4 atom stereocenters. The smallest absolute Gasteiger partial charge is 0.0939 e. The molecular formula is C18H26BrClO. The Kier molecular flexibility index (Phi) is 6.58. The molecule has 0 radical (unpaired) electrons. The number of alkyl halides is 1. The predicted molar refractivity (Wildman–Crippen MR) is 94.2 cm³/mol. The van der Waals surface area contributed by atoms with Gasteiger partial charge < -0.3 is 4.74 Å². The van der Waals surface area contributed by atoms with Crippen LogP contribution in [0.1, 0.15) is 51.7 Å². The normalized spacial score (nSPS) is 27.8. The first-order valence-corrected chi connectivity index (χ1v) is 9.48. The third-order valence-electron chi connectivity index (χ3n) is 4.69. The Bertz CT molecular complexity index is 449. The van der Waals surface area contributed by atoms with Crippen LogP contribution < -0.4 is 0 Å². The Morgan fingerprint density at radius 1 is 1.29 bits per heavy atom. The second-order valence-corrected chi connectivity index (χ2v) is 7.72. The SMILES string of the molecule is CC1CCC(C(C)C)C(OC(CBr)c2ccccc2Cl)C1. The van der Waals surface area contributed by atoms with E-state index in [9.17, 15) is 0 Å². The van der Waals surface area contributed by atoms with Crippen LogP contribution in [-0.4, -0.2) is 11.4 Å². The molecule has 118 valence electrons. The van der Waals surface area contributed by atoms with Crippen molar-refractivity contribution in [1.29, 1.82) is 0 Å². The number of hydrogen-bond acceptors (Lipinski definition) is 1. The van der Waals surface area contributed by atoms with Gasteiger partial charge in [-0.25, -0.2) is 0 Å². The van der Waals surface area contributed by atoms with E-state index < -0.39 is 0 Å². The number of ether oxygens (including phenoxy) is 1. The van der Waals surface area contributed by atoms with Gasteiger partial charge in [-0.05, 0) is 36.7 Å². The Hall–Kier alpha value is -0.0500. The summed E-state index contributed by atoms with van der Waals surface area (Å²) in [5.74, 6) is 2.09. The van der Waals surface area contributed by atoms with Crippen molar-refractivity contribution in [3.8, 4) is 0 Å². The standard InChI is InChI=1S/C18H26BrClO/c1-12(2)14-9-8-13(3)10-17(14)21-18(11-19)15-6-4-5-7-16(15)20/h4-7,12-14,17-18H,8-11H2,1-3H3. The van der Waals surface area contributed by atoms with Crippen LogP contribution in [0.2, 0.25) is 5.02 Å². The van der Waals surface area contributed by atoms with E-state index in [1.54, 1.807) is 0 Å². The van der Waals surface area contributed by atoms with Gasteiger partial charge in [0.1, 0.15) is 0 Å². The Balaban J connectivity index is 2.14. The summed E-state index contributed by atoms with van der Waals surface area (Å²) >= 11 is 9.94. The lowest BCUT2D eigenvalue weighted by molar-refractivity contribution is -0.0732. The molecule has 0 aromatic heterocycles. The highest BCUT2D eigenvalue weighted by molar-refractivity contribution is 9.09. The topological polar surface area (TPSA) is 9.23 Å². The van der Waals surface area contributed by atoms with Crippen molar-refractivity contribution in [2.24, 2.45) is 17.8 Å². The Morgan fingerprint density at radius 3 is 2.62 bits per heavy atom. The van der Waals surface area contributed by atoms with E-state index in [0.717, 1.165) is 28.3 Å². The Morgan fingerprint density at radius 2 is 2.00 bits per heavy atom. The van der Waals surface area contributed by atoms with Gasteiger partial charge in [-0.2, -0.15) is 0 Å². The summed E-state index contributed by atoms with van der Waals surface area (Å²) in [5.41, 5.74) is 1.09. The van der Waals surface area contributed by atoms with Crippen molar-refractivity contribution in [2.45, 2.75) is 52.2 Å². The van der Waals surface area contributed by atoms with Crippen molar-refractivity contribution in [1.82, 2.24) is 0 Å². The van der Waals surface area contributed by atoms with E-state index in [4.69, 9.17) is 16.3 Å². The zero-order valence-corrected chi connectivity index (χ0v) is 15.5. The predicted octanol–water partition coefficient (Wildman–Crippen LogP) is 6.25. The Labute approximate surface area is 142 Å². The molecule has 0 bridgehead atoms. The summed E-state index contributed by atoms with van der Waals surface area (Å²) in [5, 5.41) is 1.58. The fraction of sp³-hybridized carbons (Fsp3) is 0.667. The monoisotopic (exact) mass is 372 g/mol. The van der Waals surface area contributed by atoms with Crippen LogP contribution in [0.4, 0.5) is 0 Å². The average Bonchev–Trinajstić information content (AvgIpc) is 2.45. The molecule has 0 aliphatic heterocycles. The highest BCUT2D eigenvalue weighted by Gasteiger charge is 2.33. The van der Waals surface area contributed by atoms with E-state index in [-0.39, 0.29) is 6.10 Å². The largest absolute Gasteiger partial charge is 0.369 e. The van der Waals surface area contributed by atoms with Crippen LogP contribution in [0.3, 0.4) is 0 Å². The highest BCUT2D eigenvalue weighted by Crippen LogP contribution is 2.39. The molecule has 2 rings (SSSR count). The van der Waals surface area contributed by atoms with Gasteiger partial charge >= 0.3 is 0 Å². The fourth-order valence-electron chi connectivity index (χ4n) is 3.41. The van der Waals surface area contributed by atoms with Crippen LogP contribution in [0.15, 0.2) is 24.3 Å². The highest BCUT2D eigenvalue weighted by atomic mass is 79.9. The summed E-state index contributed by atoms with van der Waals surface area (Å²) in [7, 11) is 0. The van der Waals surface area contributed by atoms with Crippen LogP contribution in [0.5, 0.6) is 0 Å². The first-order valence-electron chi connectivity index (χ1n) is 7.98. The number of benzene rings is 1. The lowest BCUT2D eigenvalue weighted by Gasteiger charge is -2.39. The quantitative estimate of drug-likeness (QED) is 0.554. The molecule has 3 heteroatoms. The van der Waals surface area contributed by atoms with Gasteiger partial charge in [0.25, 0.3) is 0 Å². The molecule has 0 N–H and O–H groups in total. The molecule has 1 saturated carbocycles. The van der Waals surface area contributed by atoms with Crippen molar-refractivity contribution >= 4 is 27.5 Å². The minimum Gasteiger partial charge on any atom is -0.369 e. The summed E-state index contributed by atoms with van der Waals surface area (Å²) in [6.07, 6.45) is 4.15. The molecular weight excluding hydrogens is 348 g/mol. The van der Waals surface area contributed by atoms with Crippen molar-refractivity contribution < 1.29 is 4.74 Å².